The number of piperazine rings is 1. The van der Waals surface area contributed by atoms with Gasteiger partial charge in [0.1, 0.15) is 5.54 Å². The number of rotatable bonds is 8. The van der Waals surface area contributed by atoms with Crippen molar-refractivity contribution in [2.45, 2.75) is 83.7 Å². The molecule has 0 spiro atoms. The molecule has 2 aromatic rings. The largest absolute Gasteiger partial charge is 0.343 e. The van der Waals surface area contributed by atoms with Crippen molar-refractivity contribution in [2.24, 2.45) is 0 Å². The average Bonchev–Trinajstić information content (AvgIpc) is 3.43. The Labute approximate surface area is 205 Å². The van der Waals surface area contributed by atoms with Gasteiger partial charge in [-0.25, -0.2) is 4.98 Å². The Kier molecular flexibility index (Phi) is 8.31. The minimum atomic E-state index is -0.556. The number of hydrogen-bond donors (Lipinski definition) is 1. The molecule has 2 aliphatic rings. The number of aryl methyl sites for hydroxylation is 2. The molecule has 0 aromatic carbocycles. The van der Waals surface area contributed by atoms with E-state index in [2.05, 4.69) is 37.6 Å². The molecular weight excluding hydrogens is 452 g/mol. The highest BCUT2D eigenvalue weighted by Crippen LogP contribution is 2.34. The molecule has 0 bridgehead atoms. The average molecular weight is 489 g/mol. The van der Waals surface area contributed by atoms with E-state index in [1.54, 1.807) is 11.3 Å². The summed E-state index contributed by atoms with van der Waals surface area (Å²) in [6, 6.07) is 0. The summed E-state index contributed by atoms with van der Waals surface area (Å²) < 4.78 is 5.50. The number of nitrogens with one attached hydrogen (secondary N) is 1. The summed E-state index contributed by atoms with van der Waals surface area (Å²) in [6.45, 7) is 7.67. The Morgan fingerprint density at radius 2 is 1.85 bits per heavy atom. The highest BCUT2D eigenvalue weighted by atomic mass is 32.1. The summed E-state index contributed by atoms with van der Waals surface area (Å²) in [5.74, 6) is 1.05. The van der Waals surface area contributed by atoms with Gasteiger partial charge in [0.15, 0.2) is 5.82 Å². The number of aromatic nitrogens is 3. The lowest BCUT2D eigenvalue weighted by Crippen LogP contribution is -2.48. The number of nitrogens with zero attached hydrogens (tertiary/aromatic N) is 5. The monoisotopic (exact) mass is 488 g/mol. The highest BCUT2D eigenvalue weighted by Gasteiger charge is 2.38. The fourth-order valence-electron chi connectivity index (χ4n) is 4.96. The Bertz CT molecular complexity index is 958. The Morgan fingerprint density at radius 3 is 2.50 bits per heavy atom. The SMILES string of the molecule is CCc1nc(CN2CCN(C(=O)CCc3nc(C4(NC(C)=O)CCCCCC4)no3)CC2)cs1. The van der Waals surface area contributed by atoms with Crippen molar-refractivity contribution in [1.29, 1.82) is 0 Å². The second kappa shape index (κ2) is 11.4. The topological polar surface area (TPSA) is 104 Å². The lowest BCUT2D eigenvalue weighted by atomic mass is 9.89. The molecule has 4 rings (SSSR count). The van der Waals surface area contributed by atoms with Crippen molar-refractivity contribution in [2.75, 3.05) is 26.2 Å². The summed E-state index contributed by atoms with van der Waals surface area (Å²) in [5.41, 5.74) is 0.569. The van der Waals surface area contributed by atoms with Gasteiger partial charge in [-0.1, -0.05) is 37.8 Å². The molecule has 0 radical (unpaired) electrons. The molecule has 34 heavy (non-hydrogen) atoms. The van der Waals surface area contributed by atoms with E-state index in [0.717, 1.165) is 83.4 Å². The molecule has 2 amide bonds. The zero-order chi connectivity index (χ0) is 24.0. The Hall–Kier alpha value is -2.33. The van der Waals surface area contributed by atoms with Gasteiger partial charge in [0, 0.05) is 57.9 Å². The van der Waals surface area contributed by atoms with Crippen LogP contribution in [0.25, 0.3) is 0 Å². The van der Waals surface area contributed by atoms with Gasteiger partial charge < -0.3 is 14.7 Å². The van der Waals surface area contributed by atoms with Gasteiger partial charge >= 0.3 is 0 Å². The lowest BCUT2D eigenvalue weighted by molar-refractivity contribution is -0.133. The first-order valence-electron chi connectivity index (χ1n) is 12.5. The first-order valence-corrected chi connectivity index (χ1v) is 13.4. The maximum absolute atomic E-state index is 12.8. The van der Waals surface area contributed by atoms with Crippen LogP contribution in [0.3, 0.4) is 0 Å². The van der Waals surface area contributed by atoms with E-state index in [-0.39, 0.29) is 11.8 Å². The Morgan fingerprint density at radius 1 is 1.12 bits per heavy atom. The van der Waals surface area contributed by atoms with Crippen LogP contribution >= 0.6 is 11.3 Å². The maximum atomic E-state index is 12.8. The van der Waals surface area contributed by atoms with Gasteiger partial charge in [-0.2, -0.15) is 4.98 Å². The zero-order valence-electron chi connectivity index (χ0n) is 20.3. The summed E-state index contributed by atoms with van der Waals surface area (Å²) in [5, 5.41) is 10.6. The van der Waals surface area contributed by atoms with E-state index in [4.69, 9.17) is 4.52 Å². The minimum Gasteiger partial charge on any atom is -0.343 e. The predicted octanol–water partition coefficient (Wildman–Crippen LogP) is 3.05. The van der Waals surface area contributed by atoms with Gasteiger partial charge in [-0.3, -0.25) is 14.5 Å². The van der Waals surface area contributed by atoms with Gasteiger partial charge in [0.25, 0.3) is 0 Å². The maximum Gasteiger partial charge on any atom is 0.227 e. The van der Waals surface area contributed by atoms with Crippen LogP contribution in [0.4, 0.5) is 0 Å². The molecule has 2 fully saturated rings. The number of carbonyl (C=O) groups is 2. The van der Waals surface area contributed by atoms with Crippen LogP contribution in [0.15, 0.2) is 9.90 Å². The van der Waals surface area contributed by atoms with Crippen molar-refractivity contribution < 1.29 is 14.1 Å². The van der Waals surface area contributed by atoms with Crippen LogP contribution in [0.5, 0.6) is 0 Å². The molecule has 10 heteroatoms. The second-order valence-corrected chi connectivity index (χ2v) is 10.4. The molecule has 1 saturated heterocycles. The van der Waals surface area contributed by atoms with Crippen LogP contribution in [-0.4, -0.2) is 62.9 Å². The summed E-state index contributed by atoms with van der Waals surface area (Å²) in [4.78, 5) is 38.2. The molecule has 0 atom stereocenters. The smallest absolute Gasteiger partial charge is 0.227 e. The molecule has 186 valence electrons. The lowest BCUT2D eigenvalue weighted by Gasteiger charge is -2.34. The van der Waals surface area contributed by atoms with Gasteiger partial charge in [0.05, 0.1) is 10.7 Å². The van der Waals surface area contributed by atoms with Crippen LogP contribution in [-0.2, 0) is 34.5 Å². The fourth-order valence-corrected chi connectivity index (χ4v) is 5.70. The number of amides is 2. The van der Waals surface area contributed by atoms with E-state index in [9.17, 15) is 9.59 Å². The normalized spacial score (nSPS) is 19.1. The molecule has 1 aliphatic heterocycles. The van der Waals surface area contributed by atoms with Crippen LogP contribution in [0.1, 0.15) is 81.2 Å². The number of carbonyl (C=O) groups excluding carboxylic acids is 2. The summed E-state index contributed by atoms with van der Waals surface area (Å²) >= 11 is 1.72. The van der Waals surface area contributed by atoms with Gasteiger partial charge in [-0.05, 0) is 19.3 Å². The molecular formula is C24H36N6O3S. The van der Waals surface area contributed by atoms with E-state index < -0.39 is 5.54 Å². The van der Waals surface area contributed by atoms with Crippen molar-refractivity contribution in [3.8, 4) is 0 Å². The highest BCUT2D eigenvalue weighted by molar-refractivity contribution is 7.09. The molecule has 9 nitrogen and oxygen atoms in total. The van der Waals surface area contributed by atoms with Crippen LogP contribution in [0, 0.1) is 0 Å². The van der Waals surface area contributed by atoms with E-state index >= 15 is 0 Å². The predicted molar refractivity (Wildman–Crippen MR) is 129 cm³/mol. The third-order valence-corrected chi connectivity index (χ3v) is 7.88. The van der Waals surface area contributed by atoms with Gasteiger partial charge in [-0.15, -0.1) is 11.3 Å². The fraction of sp³-hybridized carbons (Fsp3) is 0.708. The zero-order valence-corrected chi connectivity index (χ0v) is 21.2. The van der Waals surface area contributed by atoms with E-state index in [1.165, 1.54) is 11.9 Å². The minimum absolute atomic E-state index is 0.0804. The summed E-state index contributed by atoms with van der Waals surface area (Å²) in [7, 11) is 0. The number of thiazole rings is 1. The molecule has 1 N–H and O–H groups in total. The molecule has 1 saturated carbocycles. The number of hydrogen-bond acceptors (Lipinski definition) is 8. The Balaban J connectivity index is 1.27. The molecule has 2 aromatic heterocycles. The molecule has 1 aliphatic carbocycles. The van der Waals surface area contributed by atoms with Crippen LogP contribution in [0.2, 0.25) is 0 Å². The quantitative estimate of drug-likeness (QED) is 0.570. The first kappa shape index (κ1) is 24.8. The first-order chi connectivity index (χ1) is 16.5. The van der Waals surface area contributed by atoms with Crippen LogP contribution < -0.4 is 5.32 Å². The van der Waals surface area contributed by atoms with E-state index in [1.807, 2.05) is 4.90 Å². The van der Waals surface area contributed by atoms with E-state index in [0.29, 0.717) is 24.6 Å². The van der Waals surface area contributed by atoms with Crippen molar-refractivity contribution in [3.63, 3.8) is 0 Å². The third kappa shape index (κ3) is 6.21. The van der Waals surface area contributed by atoms with Crippen molar-refractivity contribution in [3.05, 3.63) is 27.8 Å². The molecule has 3 heterocycles. The van der Waals surface area contributed by atoms with Gasteiger partial charge in [0.2, 0.25) is 17.7 Å². The standard InChI is InChI=1S/C24H36N6O3S/c1-3-21-25-19(17-34-21)16-29-12-14-30(15-13-29)22(32)9-8-20-26-23(28-33-20)24(27-18(2)31)10-6-4-5-7-11-24/h17H,3-16H2,1-2H3,(H,27,31). The second-order valence-electron chi connectivity index (χ2n) is 9.43. The van der Waals surface area contributed by atoms with Crippen molar-refractivity contribution in [1.82, 2.24) is 30.2 Å². The third-order valence-electron chi connectivity index (χ3n) is 6.83. The molecule has 0 unspecified atom stereocenters. The summed E-state index contributed by atoms with van der Waals surface area (Å²) in [6.07, 6.45) is 7.72. The van der Waals surface area contributed by atoms with Crippen molar-refractivity contribution >= 4 is 23.2 Å².